The summed E-state index contributed by atoms with van der Waals surface area (Å²) in [7, 11) is 0. The minimum atomic E-state index is 0.509. The van der Waals surface area contributed by atoms with Gasteiger partial charge in [0, 0.05) is 11.1 Å². The van der Waals surface area contributed by atoms with Crippen molar-refractivity contribution in [2.75, 3.05) is 6.61 Å². The van der Waals surface area contributed by atoms with E-state index in [0.29, 0.717) is 6.61 Å². The number of aryl methyl sites for hydroxylation is 1. The van der Waals surface area contributed by atoms with Crippen molar-refractivity contribution in [3.05, 3.63) is 48.7 Å². The fourth-order valence-electron chi connectivity index (χ4n) is 1.48. The van der Waals surface area contributed by atoms with E-state index in [2.05, 4.69) is 17.6 Å². The molecule has 0 fully saturated rings. The minimum Gasteiger partial charge on any atom is -0.487 e. The molecule has 0 aliphatic heterocycles. The highest BCUT2D eigenvalue weighted by Gasteiger charge is 2.02. The predicted molar refractivity (Wildman–Crippen MR) is 62.2 cm³/mol. The van der Waals surface area contributed by atoms with Gasteiger partial charge in [-0.3, -0.25) is 0 Å². The molecule has 2 rings (SSSR count). The lowest BCUT2D eigenvalue weighted by atomic mass is 10.2. The zero-order chi connectivity index (χ0) is 10.7. The first-order chi connectivity index (χ1) is 7.31. The van der Waals surface area contributed by atoms with Gasteiger partial charge in [0.05, 0.1) is 0 Å². The first-order valence-corrected chi connectivity index (χ1v) is 4.91. The van der Waals surface area contributed by atoms with Crippen LogP contribution in [0.25, 0.3) is 10.9 Å². The van der Waals surface area contributed by atoms with Crippen LogP contribution >= 0.6 is 0 Å². The highest BCUT2D eigenvalue weighted by molar-refractivity contribution is 5.84. The summed E-state index contributed by atoms with van der Waals surface area (Å²) in [5, 5.41) is 1.10. The van der Waals surface area contributed by atoms with Crippen LogP contribution in [0.15, 0.2) is 43.0 Å². The Balaban J connectivity index is 2.52. The second kappa shape index (κ2) is 4.13. The van der Waals surface area contributed by atoms with Gasteiger partial charge in [0.1, 0.15) is 17.9 Å². The van der Waals surface area contributed by atoms with Crippen LogP contribution in [-0.2, 0) is 0 Å². The Bertz CT molecular complexity index is 491. The third-order valence-electron chi connectivity index (χ3n) is 2.18. The molecule has 2 heteroatoms. The smallest absolute Gasteiger partial charge is 0.146 e. The van der Waals surface area contributed by atoms with Gasteiger partial charge in [0.25, 0.3) is 0 Å². The van der Waals surface area contributed by atoms with Crippen molar-refractivity contribution in [3.63, 3.8) is 0 Å². The highest BCUT2D eigenvalue weighted by Crippen LogP contribution is 2.23. The second-order valence-electron chi connectivity index (χ2n) is 3.38. The Labute approximate surface area is 89.2 Å². The number of pyridine rings is 1. The molecule has 1 aromatic heterocycles. The van der Waals surface area contributed by atoms with Crippen LogP contribution in [-0.4, -0.2) is 11.6 Å². The highest BCUT2D eigenvalue weighted by atomic mass is 16.5. The van der Waals surface area contributed by atoms with E-state index in [9.17, 15) is 0 Å². The van der Waals surface area contributed by atoms with E-state index in [0.717, 1.165) is 22.3 Å². The number of fused-ring (bicyclic) bond motifs is 1. The molecule has 0 bridgehead atoms. The Morgan fingerprint density at radius 1 is 1.33 bits per heavy atom. The van der Waals surface area contributed by atoms with Crippen LogP contribution in [0.3, 0.4) is 0 Å². The van der Waals surface area contributed by atoms with Gasteiger partial charge in [0.2, 0.25) is 0 Å². The van der Waals surface area contributed by atoms with Crippen molar-refractivity contribution in [2.24, 2.45) is 0 Å². The minimum absolute atomic E-state index is 0.509. The largest absolute Gasteiger partial charge is 0.487 e. The Morgan fingerprint density at radius 2 is 2.20 bits per heavy atom. The van der Waals surface area contributed by atoms with Gasteiger partial charge in [-0.25, -0.2) is 4.98 Å². The number of hydrogen-bond acceptors (Lipinski definition) is 2. The van der Waals surface area contributed by atoms with E-state index >= 15 is 0 Å². The summed E-state index contributed by atoms with van der Waals surface area (Å²) in [6.45, 7) is 6.11. The lowest BCUT2D eigenvalue weighted by molar-refractivity contribution is 0.367. The maximum absolute atomic E-state index is 5.54. The first-order valence-electron chi connectivity index (χ1n) is 4.91. The van der Waals surface area contributed by atoms with Crippen LogP contribution in [0.2, 0.25) is 0 Å². The molecule has 0 aliphatic rings. The van der Waals surface area contributed by atoms with Crippen LogP contribution < -0.4 is 4.74 Å². The quantitative estimate of drug-likeness (QED) is 0.708. The zero-order valence-corrected chi connectivity index (χ0v) is 8.73. The SMILES string of the molecule is C=CCOc1cccc2ccc(C)nc12. The monoisotopic (exact) mass is 199 g/mol. The van der Waals surface area contributed by atoms with Crippen LogP contribution in [0.4, 0.5) is 0 Å². The van der Waals surface area contributed by atoms with Crippen molar-refractivity contribution < 1.29 is 4.74 Å². The molecule has 0 unspecified atom stereocenters. The summed E-state index contributed by atoms with van der Waals surface area (Å²) in [6.07, 6.45) is 1.73. The van der Waals surface area contributed by atoms with Crippen molar-refractivity contribution in [1.29, 1.82) is 0 Å². The van der Waals surface area contributed by atoms with Gasteiger partial charge in [0.15, 0.2) is 0 Å². The van der Waals surface area contributed by atoms with Crippen LogP contribution in [0.1, 0.15) is 5.69 Å². The molecule has 0 aliphatic carbocycles. The van der Waals surface area contributed by atoms with E-state index in [1.54, 1.807) is 6.08 Å². The Morgan fingerprint density at radius 3 is 3.00 bits per heavy atom. The van der Waals surface area contributed by atoms with Crippen LogP contribution in [0.5, 0.6) is 5.75 Å². The zero-order valence-electron chi connectivity index (χ0n) is 8.73. The Hall–Kier alpha value is -1.83. The number of nitrogens with zero attached hydrogens (tertiary/aromatic N) is 1. The Kier molecular flexibility index (Phi) is 2.68. The molecular formula is C13H13NO. The summed E-state index contributed by atoms with van der Waals surface area (Å²) in [5.41, 5.74) is 1.91. The molecule has 15 heavy (non-hydrogen) atoms. The average Bonchev–Trinajstić information content (AvgIpc) is 2.26. The number of ether oxygens (including phenoxy) is 1. The molecule has 0 spiro atoms. The lowest BCUT2D eigenvalue weighted by Gasteiger charge is -2.06. The van der Waals surface area contributed by atoms with E-state index in [-0.39, 0.29) is 0 Å². The van der Waals surface area contributed by atoms with Crippen LogP contribution in [0, 0.1) is 6.92 Å². The van der Waals surface area contributed by atoms with E-state index < -0.39 is 0 Å². The number of benzene rings is 1. The average molecular weight is 199 g/mol. The summed E-state index contributed by atoms with van der Waals surface area (Å²) in [4.78, 5) is 4.47. The molecule has 76 valence electrons. The van der Waals surface area contributed by atoms with Gasteiger partial charge in [-0.05, 0) is 19.1 Å². The third-order valence-corrected chi connectivity index (χ3v) is 2.18. The maximum Gasteiger partial charge on any atom is 0.146 e. The number of aromatic nitrogens is 1. The second-order valence-corrected chi connectivity index (χ2v) is 3.38. The molecular weight excluding hydrogens is 186 g/mol. The van der Waals surface area contributed by atoms with Crippen molar-refractivity contribution in [1.82, 2.24) is 4.98 Å². The van der Waals surface area contributed by atoms with Gasteiger partial charge in [-0.1, -0.05) is 30.9 Å². The fraction of sp³-hybridized carbons (Fsp3) is 0.154. The molecule has 1 aromatic carbocycles. The molecule has 0 amide bonds. The summed E-state index contributed by atoms with van der Waals surface area (Å²) in [5.74, 6) is 0.816. The normalized spacial score (nSPS) is 10.2. The lowest BCUT2D eigenvalue weighted by Crippen LogP contribution is -1.95. The maximum atomic E-state index is 5.54. The van der Waals surface area contributed by atoms with Crippen molar-refractivity contribution in [3.8, 4) is 5.75 Å². The standard InChI is InChI=1S/C13H13NO/c1-3-9-15-12-6-4-5-11-8-7-10(2)14-13(11)12/h3-8H,1,9H2,2H3. The van der Waals surface area contributed by atoms with Gasteiger partial charge < -0.3 is 4.74 Å². The van der Waals surface area contributed by atoms with E-state index in [1.807, 2.05) is 31.2 Å². The molecule has 2 aromatic rings. The third kappa shape index (κ3) is 1.99. The molecule has 0 N–H and O–H groups in total. The molecule has 0 atom stereocenters. The topological polar surface area (TPSA) is 22.1 Å². The number of hydrogen-bond donors (Lipinski definition) is 0. The molecule has 0 saturated carbocycles. The van der Waals surface area contributed by atoms with Gasteiger partial charge in [-0.15, -0.1) is 0 Å². The predicted octanol–water partition coefficient (Wildman–Crippen LogP) is 3.11. The van der Waals surface area contributed by atoms with Gasteiger partial charge >= 0.3 is 0 Å². The summed E-state index contributed by atoms with van der Waals surface area (Å²) >= 11 is 0. The first kappa shape index (κ1) is 9.71. The van der Waals surface area contributed by atoms with E-state index in [4.69, 9.17) is 4.74 Å². The van der Waals surface area contributed by atoms with Gasteiger partial charge in [-0.2, -0.15) is 0 Å². The molecule has 0 radical (unpaired) electrons. The molecule has 0 saturated heterocycles. The molecule has 1 heterocycles. The fourth-order valence-corrected chi connectivity index (χ4v) is 1.48. The number of para-hydroxylation sites is 1. The van der Waals surface area contributed by atoms with E-state index in [1.165, 1.54) is 0 Å². The summed E-state index contributed by atoms with van der Waals surface area (Å²) < 4.78 is 5.54. The summed E-state index contributed by atoms with van der Waals surface area (Å²) in [6, 6.07) is 9.98. The van der Waals surface area contributed by atoms with Crippen molar-refractivity contribution in [2.45, 2.75) is 6.92 Å². The molecule has 2 nitrogen and oxygen atoms in total. The number of rotatable bonds is 3. The van der Waals surface area contributed by atoms with Crippen molar-refractivity contribution >= 4 is 10.9 Å².